The van der Waals surface area contributed by atoms with Crippen LogP contribution in [0.25, 0.3) is 10.8 Å². The Bertz CT molecular complexity index is 1320. The third-order valence-corrected chi connectivity index (χ3v) is 8.13. The van der Waals surface area contributed by atoms with E-state index in [4.69, 9.17) is 9.47 Å². The Morgan fingerprint density at radius 2 is 1.84 bits per heavy atom. The monoisotopic (exact) mass is 452 g/mol. The molecular formula is C24H24N2O5S. The van der Waals surface area contributed by atoms with Crippen molar-refractivity contribution in [2.24, 2.45) is 0 Å². The van der Waals surface area contributed by atoms with E-state index in [1.807, 2.05) is 36.4 Å². The van der Waals surface area contributed by atoms with Gasteiger partial charge in [0, 0.05) is 17.5 Å². The molecule has 166 valence electrons. The van der Waals surface area contributed by atoms with E-state index in [0.29, 0.717) is 29.1 Å². The molecule has 7 nitrogen and oxygen atoms in total. The van der Waals surface area contributed by atoms with Gasteiger partial charge in [0.15, 0.2) is 0 Å². The van der Waals surface area contributed by atoms with E-state index in [1.54, 1.807) is 37.3 Å². The summed E-state index contributed by atoms with van der Waals surface area (Å²) in [4.78, 5) is 15.5. The lowest BCUT2D eigenvalue weighted by molar-refractivity contribution is -0.130. The molecular weight excluding hydrogens is 428 g/mol. The molecule has 1 fully saturated rings. The highest BCUT2D eigenvalue weighted by Gasteiger charge is 2.39. The van der Waals surface area contributed by atoms with Gasteiger partial charge < -0.3 is 14.4 Å². The van der Waals surface area contributed by atoms with Crippen molar-refractivity contribution in [3.8, 4) is 11.5 Å². The molecule has 1 amide bonds. The van der Waals surface area contributed by atoms with Crippen molar-refractivity contribution in [3.05, 3.63) is 60.2 Å². The summed E-state index contributed by atoms with van der Waals surface area (Å²) in [5.41, 5.74) is 1.42. The van der Waals surface area contributed by atoms with Gasteiger partial charge in [-0.05, 0) is 48.6 Å². The predicted molar refractivity (Wildman–Crippen MR) is 122 cm³/mol. The Balaban J connectivity index is 1.48. The quantitative estimate of drug-likeness (QED) is 0.590. The molecule has 0 aliphatic carbocycles. The summed E-state index contributed by atoms with van der Waals surface area (Å²) in [7, 11) is -0.592. The minimum atomic E-state index is -3.79. The van der Waals surface area contributed by atoms with Crippen molar-refractivity contribution < 1.29 is 22.7 Å². The van der Waals surface area contributed by atoms with E-state index < -0.39 is 10.0 Å². The Morgan fingerprint density at radius 1 is 1.06 bits per heavy atom. The van der Waals surface area contributed by atoms with Crippen LogP contribution in [0.4, 0.5) is 5.69 Å². The first kappa shape index (κ1) is 20.6. The molecule has 2 aliphatic rings. The fourth-order valence-corrected chi connectivity index (χ4v) is 6.49. The lowest BCUT2D eigenvalue weighted by Gasteiger charge is -2.29. The number of sulfonamides is 1. The summed E-state index contributed by atoms with van der Waals surface area (Å²) in [5, 5.41) is 1.52. The van der Waals surface area contributed by atoms with E-state index in [9.17, 15) is 13.2 Å². The zero-order valence-corrected chi connectivity index (χ0v) is 18.8. The van der Waals surface area contributed by atoms with Crippen molar-refractivity contribution in [1.29, 1.82) is 0 Å². The molecule has 0 N–H and O–H groups in total. The molecule has 8 heteroatoms. The number of likely N-dealkylation sites (tertiary alicyclic amines) is 1. The number of amides is 1. The molecule has 2 aliphatic heterocycles. The number of methoxy groups -OCH3 is 2. The van der Waals surface area contributed by atoms with Gasteiger partial charge in [0.05, 0.1) is 30.8 Å². The van der Waals surface area contributed by atoms with Crippen LogP contribution in [0.15, 0.2) is 59.5 Å². The van der Waals surface area contributed by atoms with Gasteiger partial charge in [0.1, 0.15) is 18.0 Å². The summed E-state index contributed by atoms with van der Waals surface area (Å²) >= 11 is 0. The van der Waals surface area contributed by atoms with E-state index in [0.717, 1.165) is 23.8 Å². The molecule has 1 unspecified atom stereocenters. The molecule has 0 bridgehead atoms. The third-order valence-electron chi connectivity index (χ3n) is 6.33. The lowest BCUT2D eigenvalue weighted by atomic mass is 10.0. The third kappa shape index (κ3) is 3.09. The van der Waals surface area contributed by atoms with Gasteiger partial charge in [0.2, 0.25) is 5.91 Å². The van der Waals surface area contributed by atoms with Crippen LogP contribution in [0.2, 0.25) is 0 Å². The summed E-state index contributed by atoms with van der Waals surface area (Å²) < 4.78 is 38.7. The van der Waals surface area contributed by atoms with Gasteiger partial charge in [-0.2, -0.15) is 0 Å². The van der Waals surface area contributed by atoms with Gasteiger partial charge in [-0.15, -0.1) is 0 Å². The minimum absolute atomic E-state index is 0.198. The Morgan fingerprint density at radius 3 is 2.59 bits per heavy atom. The fraction of sp³-hybridized carbons (Fsp3) is 0.292. The molecule has 0 radical (unpaired) electrons. The van der Waals surface area contributed by atoms with E-state index in [2.05, 4.69) is 0 Å². The number of anilines is 1. The van der Waals surface area contributed by atoms with Crippen molar-refractivity contribution in [1.82, 2.24) is 4.90 Å². The molecule has 32 heavy (non-hydrogen) atoms. The van der Waals surface area contributed by atoms with Crippen LogP contribution in [0.5, 0.6) is 11.5 Å². The second-order valence-corrected chi connectivity index (χ2v) is 9.83. The number of carbonyl (C=O) groups excluding carboxylic acids is 1. The molecule has 0 saturated carbocycles. The maximum Gasteiger partial charge on any atom is 0.265 e. The summed E-state index contributed by atoms with van der Waals surface area (Å²) in [6.07, 6.45) is 1.61. The highest BCUT2D eigenvalue weighted by molar-refractivity contribution is 7.93. The summed E-state index contributed by atoms with van der Waals surface area (Å²) in [6.45, 7) is 0.327. The Labute approximate surface area is 187 Å². The average Bonchev–Trinajstić information content (AvgIpc) is 3.38. The van der Waals surface area contributed by atoms with Gasteiger partial charge in [0.25, 0.3) is 10.0 Å². The van der Waals surface area contributed by atoms with Crippen molar-refractivity contribution >= 4 is 32.4 Å². The second-order valence-electron chi connectivity index (χ2n) is 8.00. The van der Waals surface area contributed by atoms with E-state index in [1.165, 1.54) is 4.31 Å². The first-order chi connectivity index (χ1) is 15.5. The number of nitrogens with zero attached hydrogens (tertiary/aromatic N) is 2. The average molecular weight is 453 g/mol. The fourth-order valence-electron chi connectivity index (χ4n) is 4.83. The van der Waals surface area contributed by atoms with Crippen LogP contribution in [-0.4, -0.2) is 46.5 Å². The standard InChI is InChI=1S/C24H24N2O5S/c1-30-17-11-12-21(31-2)18(14-17)19-9-5-13-25(19)23(27)15-26-20-8-3-6-16-7-4-10-22(24(16)20)32(26,28)29/h3-4,6-8,10-12,14,19H,5,9,13,15H2,1-2H3. The van der Waals surface area contributed by atoms with Crippen LogP contribution in [0.3, 0.4) is 0 Å². The highest BCUT2D eigenvalue weighted by Crippen LogP contribution is 2.43. The molecule has 0 spiro atoms. The van der Waals surface area contributed by atoms with E-state index in [-0.39, 0.29) is 23.4 Å². The van der Waals surface area contributed by atoms with Crippen LogP contribution < -0.4 is 13.8 Å². The van der Waals surface area contributed by atoms with Gasteiger partial charge in [-0.25, -0.2) is 8.42 Å². The van der Waals surface area contributed by atoms with Crippen LogP contribution in [-0.2, 0) is 14.8 Å². The zero-order valence-electron chi connectivity index (χ0n) is 17.9. The Kier molecular flexibility index (Phi) is 4.97. The van der Waals surface area contributed by atoms with Crippen LogP contribution in [0, 0.1) is 0 Å². The molecule has 5 rings (SSSR count). The highest BCUT2D eigenvalue weighted by atomic mass is 32.2. The maximum absolute atomic E-state index is 13.4. The maximum atomic E-state index is 13.4. The number of hydrogen-bond acceptors (Lipinski definition) is 5. The van der Waals surface area contributed by atoms with Crippen molar-refractivity contribution in [2.45, 2.75) is 23.8 Å². The topological polar surface area (TPSA) is 76.2 Å². The largest absolute Gasteiger partial charge is 0.497 e. The van der Waals surface area contributed by atoms with E-state index >= 15 is 0 Å². The van der Waals surface area contributed by atoms with Crippen molar-refractivity contribution in [3.63, 3.8) is 0 Å². The summed E-state index contributed by atoms with van der Waals surface area (Å²) in [6, 6.07) is 16.0. The second kappa shape index (κ2) is 7.70. The first-order valence-corrected chi connectivity index (χ1v) is 12.0. The lowest BCUT2D eigenvalue weighted by Crippen LogP contribution is -2.41. The zero-order chi connectivity index (χ0) is 22.5. The molecule has 1 atom stereocenters. The molecule has 2 heterocycles. The van der Waals surface area contributed by atoms with Gasteiger partial charge in [-0.1, -0.05) is 24.3 Å². The molecule has 1 saturated heterocycles. The number of hydrogen-bond donors (Lipinski definition) is 0. The number of ether oxygens (including phenoxy) is 2. The molecule has 0 aromatic heterocycles. The van der Waals surface area contributed by atoms with Crippen molar-refractivity contribution in [2.75, 3.05) is 31.6 Å². The predicted octanol–water partition coefficient (Wildman–Crippen LogP) is 3.73. The van der Waals surface area contributed by atoms with Crippen LogP contribution in [0.1, 0.15) is 24.4 Å². The Hall–Kier alpha value is -3.26. The summed E-state index contributed by atoms with van der Waals surface area (Å²) in [5.74, 6) is 1.14. The first-order valence-electron chi connectivity index (χ1n) is 10.5. The molecule has 3 aromatic rings. The normalized spacial score (nSPS) is 18.9. The van der Waals surface area contributed by atoms with Crippen LogP contribution >= 0.6 is 0 Å². The number of benzene rings is 3. The molecule has 3 aromatic carbocycles. The SMILES string of the molecule is COc1ccc(OC)c(C2CCCN2C(=O)CN2c3cccc4cccc(c34)S2(=O)=O)c1. The van der Waals surface area contributed by atoms with Gasteiger partial charge in [-0.3, -0.25) is 9.10 Å². The number of carbonyl (C=O) groups is 1. The minimum Gasteiger partial charge on any atom is -0.497 e. The smallest absolute Gasteiger partial charge is 0.265 e. The van der Waals surface area contributed by atoms with Gasteiger partial charge >= 0.3 is 0 Å². The number of rotatable bonds is 5.